The maximum atomic E-state index is 11.7. The van der Waals surface area contributed by atoms with Gasteiger partial charge in [-0.3, -0.25) is 4.79 Å². The molecule has 22 heavy (non-hydrogen) atoms. The lowest BCUT2D eigenvalue weighted by Crippen LogP contribution is -2.56. The molecule has 0 unspecified atom stereocenters. The Hall–Kier alpha value is -0.930. The van der Waals surface area contributed by atoms with Gasteiger partial charge < -0.3 is 10.2 Å². The molecule has 2 N–H and O–H groups in total. The molecule has 0 bridgehead atoms. The van der Waals surface area contributed by atoms with E-state index in [1.807, 2.05) is 6.08 Å². The van der Waals surface area contributed by atoms with E-state index in [2.05, 4.69) is 13.8 Å². The maximum absolute atomic E-state index is 11.7. The lowest BCUT2D eigenvalue weighted by Gasteiger charge is -2.58. The van der Waals surface area contributed by atoms with Crippen LogP contribution in [0.5, 0.6) is 0 Å². The van der Waals surface area contributed by atoms with E-state index in [1.54, 1.807) is 12.2 Å². The van der Waals surface area contributed by atoms with Gasteiger partial charge in [0.05, 0.1) is 12.2 Å². The average molecular weight is 302 g/mol. The molecule has 0 amide bonds. The van der Waals surface area contributed by atoms with Gasteiger partial charge in [0.1, 0.15) is 0 Å². The first-order chi connectivity index (χ1) is 10.4. The first kappa shape index (κ1) is 14.6. The van der Waals surface area contributed by atoms with Crippen LogP contribution >= 0.6 is 0 Å². The van der Waals surface area contributed by atoms with Crippen LogP contribution in [0.3, 0.4) is 0 Å². The minimum Gasteiger partial charge on any atom is -0.393 e. The first-order valence-corrected chi connectivity index (χ1v) is 8.66. The Labute approximate surface area is 132 Å². The van der Waals surface area contributed by atoms with Crippen molar-refractivity contribution >= 4 is 5.78 Å². The third-order valence-corrected chi connectivity index (χ3v) is 7.44. The standard InChI is InChI=1S/C19H26O3/c1-18-8-7-12(20)9-11(18)3-4-13-14-5-6-16(22)19(14,2)10-15(21)17(13)18/h7-9,13-17,21-22H,3-6,10H2,1-2H3/t13-,14-,15-,16-,17+,18-,19-/m0/s1. The molecular formula is C19H26O3. The van der Waals surface area contributed by atoms with Gasteiger partial charge in [0.2, 0.25) is 0 Å². The lowest BCUT2D eigenvalue weighted by atomic mass is 9.47. The van der Waals surface area contributed by atoms with Gasteiger partial charge in [0, 0.05) is 11.3 Å². The zero-order valence-corrected chi connectivity index (χ0v) is 13.5. The van der Waals surface area contributed by atoms with E-state index in [9.17, 15) is 15.0 Å². The smallest absolute Gasteiger partial charge is 0.178 e. The molecule has 7 atom stereocenters. The van der Waals surface area contributed by atoms with Gasteiger partial charge >= 0.3 is 0 Å². The number of ketones is 1. The zero-order valence-electron chi connectivity index (χ0n) is 13.5. The van der Waals surface area contributed by atoms with Crippen LogP contribution in [0.2, 0.25) is 0 Å². The number of aliphatic hydroxyl groups excluding tert-OH is 2. The molecule has 3 heteroatoms. The Morgan fingerprint density at radius 2 is 1.95 bits per heavy atom. The molecule has 120 valence electrons. The second-order valence-electron chi connectivity index (χ2n) is 8.39. The van der Waals surface area contributed by atoms with Crippen molar-refractivity contribution in [3.8, 4) is 0 Å². The summed E-state index contributed by atoms with van der Waals surface area (Å²) in [5, 5.41) is 21.4. The third-order valence-electron chi connectivity index (χ3n) is 7.44. The van der Waals surface area contributed by atoms with Gasteiger partial charge in [-0.25, -0.2) is 0 Å². The third kappa shape index (κ3) is 1.73. The quantitative estimate of drug-likeness (QED) is 0.723. The van der Waals surface area contributed by atoms with Crippen LogP contribution < -0.4 is 0 Å². The molecule has 0 aliphatic heterocycles. The van der Waals surface area contributed by atoms with Crippen molar-refractivity contribution in [3.05, 3.63) is 23.8 Å². The largest absolute Gasteiger partial charge is 0.393 e. The molecule has 4 aliphatic rings. The normalized spacial score (nSPS) is 53.5. The number of allylic oxidation sites excluding steroid dienone is 4. The highest BCUT2D eigenvalue weighted by Gasteiger charge is 2.61. The van der Waals surface area contributed by atoms with Crippen molar-refractivity contribution in [1.29, 1.82) is 0 Å². The number of hydrogen-bond acceptors (Lipinski definition) is 3. The summed E-state index contributed by atoms with van der Waals surface area (Å²) in [4.78, 5) is 11.7. The first-order valence-electron chi connectivity index (χ1n) is 8.66. The van der Waals surface area contributed by atoms with Gasteiger partial charge in [-0.15, -0.1) is 0 Å². The van der Waals surface area contributed by atoms with E-state index in [0.717, 1.165) is 25.7 Å². The van der Waals surface area contributed by atoms with E-state index in [1.165, 1.54) is 5.57 Å². The topological polar surface area (TPSA) is 57.5 Å². The number of fused-ring (bicyclic) bond motifs is 5. The van der Waals surface area contributed by atoms with Gasteiger partial charge in [-0.1, -0.05) is 25.5 Å². The zero-order chi connectivity index (χ0) is 15.7. The Morgan fingerprint density at radius 3 is 2.73 bits per heavy atom. The Kier molecular flexibility index (Phi) is 3.03. The maximum Gasteiger partial charge on any atom is 0.178 e. The monoisotopic (exact) mass is 302 g/mol. The van der Waals surface area contributed by atoms with E-state index < -0.39 is 6.10 Å². The Morgan fingerprint density at radius 1 is 1.18 bits per heavy atom. The van der Waals surface area contributed by atoms with Crippen LogP contribution in [-0.4, -0.2) is 28.2 Å². The van der Waals surface area contributed by atoms with E-state index >= 15 is 0 Å². The molecule has 0 radical (unpaired) electrons. The summed E-state index contributed by atoms with van der Waals surface area (Å²) in [7, 11) is 0. The van der Waals surface area contributed by atoms with Gasteiger partial charge in [-0.2, -0.15) is 0 Å². The fraction of sp³-hybridized carbons (Fsp3) is 0.737. The molecule has 0 spiro atoms. The van der Waals surface area contributed by atoms with Crippen molar-refractivity contribution in [1.82, 2.24) is 0 Å². The second kappa shape index (κ2) is 4.55. The number of hydrogen-bond donors (Lipinski definition) is 2. The van der Waals surface area contributed by atoms with Gasteiger partial charge in [-0.05, 0) is 61.5 Å². The fourth-order valence-corrected chi connectivity index (χ4v) is 6.30. The number of carbonyl (C=O) groups excluding carboxylic acids is 1. The van der Waals surface area contributed by atoms with Crippen LogP contribution in [0.1, 0.15) is 46.0 Å². The summed E-state index contributed by atoms with van der Waals surface area (Å²) in [5.41, 5.74) is 0.875. The van der Waals surface area contributed by atoms with Gasteiger partial charge in [0.25, 0.3) is 0 Å². The molecule has 0 aromatic heterocycles. The molecule has 0 aromatic carbocycles. The summed E-state index contributed by atoms with van der Waals surface area (Å²) in [6.07, 6.45) is 9.44. The molecule has 3 fully saturated rings. The molecule has 3 nitrogen and oxygen atoms in total. The predicted octanol–water partition coefficient (Wildman–Crippen LogP) is 2.63. The fourth-order valence-electron chi connectivity index (χ4n) is 6.30. The van der Waals surface area contributed by atoms with Crippen LogP contribution in [0.25, 0.3) is 0 Å². The van der Waals surface area contributed by atoms with Crippen LogP contribution in [0, 0.1) is 28.6 Å². The van der Waals surface area contributed by atoms with Crippen LogP contribution in [0.4, 0.5) is 0 Å². The predicted molar refractivity (Wildman–Crippen MR) is 84.0 cm³/mol. The SMILES string of the molecule is C[C@]12C[C@H](O)[C@H]3[C@@H](CCC4=CC(=O)C=C[C@@]43C)[C@@H]1CC[C@@H]2O. The summed E-state index contributed by atoms with van der Waals surface area (Å²) in [6.45, 7) is 4.36. The van der Waals surface area contributed by atoms with E-state index in [4.69, 9.17) is 0 Å². The summed E-state index contributed by atoms with van der Waals surface area (Å²) >= 11 is 0. The number of carbonyl (C=O) groups is 1. The minimum atomic E-state index is -0.398. The minimum absolute atomic E-state index is 0.0809. The number of rotatable bonds is 0. The van der Waals surface area contributed by atoms with Crippen molar-refractivity contribution in [2.45, 2.75) is 58.2 Å². The van der Waals surface area contributed by atoms with Crippen molar-refractivity contribution in [2.24, 2.45) is 28.6 Å². The average Bonchev–Trinajstić information content (AvgIpc) is 2.75. The van der Waals surface area contributed by atoms with Crippen molar-refractivity contribution < 1.29 is 15.0 Å². The van der Waals surface area contributed by atoms with E-state index in [-0.39, 0.29) is 28.6 Å². The Balaban J connectivity index is 1.76. The Bertz CT molecular complexity index is 577. The highest BCUT2D eigenvalue weighted by molar-refractivity contribution is 6.01. The van der Waals surface area contributed by atoms with Crippen LogP contribution in [0.15, 0.2) is 23.8 Å². The highest BCUT2D eigenvalue weighted by atomic mass is 16.3. The molecule has 0 heterocycles. The van der Waals surface area contributed by atoms with Crippen molar-refractivity contribution in [2.75, 3.05) is 0 Å². The molecule has 3 saturated carbocycles. The highest BCUT2D eigenvalue weighted by Crippen LogP contribution is 2.64. The summed E-state index contributed by atoms with van der Waals surface area (Å²) in [6, 6.07) is 0. The lowest BCUT2D eigenvalue weighted by molar-refractivity contribution is -0.129. The molecule has 0 aromatic rings. The van der Waals surface area contributed by atoms with Crippen LogP contribution in [-0.2, 0) is 4.79 Å². The second-order valence-corrected chi connectivity index (χ2v) is 8.39. The van der Waals surface area contributed by atoms with Crippen molar-refractivity contribution in [3.63, 3.8) is 0 Å². The van der Waals surface area contributed by atoms with Gasteiger partial charge in [0.15, 0.2) is 5.78 Å². The number of aliphatic hydroxyl groups is 2. The summed E-state index contributed by atoms with van der Waals surface area (Å²) in [5.74, 6) is 1.21. The summed E-state index contributed by atoms with van der Waals surface area (Å²) < 4.78 is 0. The molecular weight excluding hydrogens is 276 g/mol. The molecule has 4 aliphatic carbocycles. The molecule has 0 saturated heterocycles. The van der Waals surface area contributed by atoms with E-state index in [0.29, 0.717) is 18.3 Å². The molecule has 4 rings (SSSR count).